The number of alkyl halides is 2. The molecule has 3 aromatic heterocycles. The summed E-state index contributed by atoms with van der Waals surface area (Å²) < 4.78 is 26.1. The van der Waals surface area contributed by atoms with E-state index >= 15 is 0 Å². The molecule has 0 aliphatic carbocycles. The van der Waals surface area contributed by atoms with Gasteiger partial charge >= 0.3 is 0 Å². The minimum Gasteiger partial charge on any atom is -0.371 e. The van der Waals surface area contributed by atoms with Gasteiger partial charge in [-0.15, -0.1) is 0 Å². The highest BCUT2D eigenvalue weighted by atomic mass is 32.1. The fourth-order valence-electron chi connectivity index (χ4n) is 3.91. The molecule has 0 atom stereocenters. The number of halogens is 2. The van der Waals surface area contributed by atoms with Crippen LogP contribution in [0.5, 0.6) is 0 Å². The minimum absolute atomic E-state index is 0.0518. The maximum absolute atomic E-state index is 13.1. The smallest absolute Gasteiger partial charge is 0.245 e. The van der Waals surface area contributed by atoms with Gasteiger partial charge in [0.15, 0.2) is 5.13 Å². The van der Waals surface area contributed by atoms with Crippen molar-refractivity contribution in [3.8, 4) is 0 Å². The van der Waals surface area contributed by atoms with Crippen LogP contribution in [0.25, 0.3) is 15.9 Å². The molecule has 36 heavy (non-hydrogen) atoms. The van der Waals surface area contributed by atoms with Gasteiger partial charge in [-0.05, 0) is 56.9 Å². The number of thiazole rings is 1. The highest BCUT2D eigenvalue weighted by Crippen LogP contribution is 2.29. The lowest BCUT2D eigenvalue weighted by Gasteiger charge is -2.25. The molecule has 0 aliphatic heterocycles. The van der Waals surface area contributed by atoms with Gasteiger partial charge in [0.25, 0.3) is 0 Å². The van der Waals surface area contributed by atoms with E-state index < -0.39 is 5.92 Å². The molecule has 8 heteroatoms. The van der Waals surface area contributed by atoms with Gasteiger partial charge in [0.2, 0.25) is 5.92 Å². The summed E-state index contributed by atoms with van der Waals surface area (Å²) in [6, 6.07) is 7.94. The number of anilines is 3. The van der Waals surface area contributed by atoms with Crippen molar-refractivity contribution in [2.24, 2.45) is 0 Å². The Kier molecular flexibility index (Phi) is 10.1. The Morgan fingerprint density at radius 1 is 1.17 bits per heavy atom. The lowest BCUT2D eigenvalue weighted by atomic mass is 10.1. The topological polar surface area (TPSA) is 53.9 Å². The SMILES string of the molecule is C=C/C=C(\C=C/C)c1ccc2nc(Nc3cc(N(CCC)CCCCCC(C)(F)F)ccn3)sc2n1. The maximum Gasteiger partial charge on any atom is 0.245 e. The summed E-state index contributed by atoms with van der Waals surface area (Å²) in [7, 11) is 0. The molecule has 0 unspecified atom stereocenters. The maximum atomic E-state index is 13.1. The summed E-state index contributed by atoms with van der Waals surface area (Å²) in [6.45, 7) is 10.6. The van der Waals surface area contributed by atoms with Crippen LogP contribution in [0, 0.1) is 0 Å². The van der Waals surface area contributed by atoms with Crippen molar-refractivity contribution in [2.45, 2.75) is 58.8 Å². The summed E-state index contributed by atoms with van der Waals surface area (Å²) >= 11 is 1.48. The molecule has 0 radical (unpaired) electrons. The van der Waals surface area contributed by atoms with Crippen LogP contribution in [-0.2, 0) is 0 Å². The lowest BCUT2D eigenvalue weighted by molar-refractivity contribution is 0.0104. The number of nitrogens with one attached hydrogen (secondary N) is 1. The zero-order valence-corrected chi connectivity index (χ0v) is 22.1. The molecule has 0 saturated carbocycles. The van der Waals surface area contributed by atoms with E-state index in [1.807, 2.05) is 49.4 Å². The van der Waals surface area contributed by atoms with Crippen LogP contribution in [0.4, 0.5) is 25.4 Å². The third kappa shape index (κ3) is 8.22. The summed E-state index contributed by atoms with van der Waals surface area (Å²) in [6.07, 6.45) is 12.6. The standard InChI is InChI=1S/C28H35F2N5S/c1-5-11-21(12-6-2)23-13-14-24-26(32-23)36-27(33-24)34-25-20-22(15-17-31-25)35(18-7-3)19-10-8-9-16-28(4,29)30/h5-6,11-15,17,20H,1,7-10,16,18-19H2,2-4H3,(H,31,33,34)/b12-6-,21-11+. The van der Waals surface area contributed by atoms with Crippen molar-refractivity contribution < 1.29 is 8.78 Å². The number of rotatable bonds is 14. The third-order valence-electron chi connectivity index (χ3n) is 5.58. The second-order valence-electron chi connectivity index (χ2n) is 8.79. The molecule has 3 rings (SSSR count). The molecular formula is C28H35F2N5S. The van der Waals surface area contributed by atoms with Crippen molar-refractivity contribution in [3.05, 3.63) is 67.0 Å². The van der Waals surface area contributed by atoms with Gasteiger partial charge < -0.3 is 10.2 Å². The highest BCUT2D eigenvalue weighted by molar-refractivity contribution is 7.21. The summed E-state index contributed by atoms with van der Waals surface area (Å²) in [4.78, 5) is 17.1. The molecular weight excluding hydrogens is 476 g/mol. The molecule has 0 spiro atoms. The monoisotopic (exact) mass is 511 g/mol. The number of unbranched alkanes of at least 4 members (excludes halogenated alkanes) is 2. The Labute approximate surface area is 216 Å². The van der Waals surface area contributed by atoms with Gasteiger partial charge in [-0.1, -0.05) is 55.6 Å². The number of fused-ring (bicyclic) bond motifs is 1. The predicted molar refractivity (Wildman–Crippen MR) is 150 cm³/mol. The Hall–Kier alpha value is -3.13. The summed E-state index contributed by atoms with van der Waals surface area (Å²) in [5.74, 6) is -1.87. The molecule has 3 aromatic rings. The Morgan fingerprint density at radius 3 is 2.72 bits per heavy atom. The number of hydrogen-bond acceptors (Lipinski definition) is 6. The zero-order chi connectivity index (χ0) is 26.0. The second kappa shape index (κ2) is 13.3. The van der Waals surface area contributed by atoms with Gasteiger partial charge in [-0.25, -0.2) is 23.7 Å². The normalized spacial score (nSPS) is 12.4. The van der Waals surface area contributed by atoms with E-state index in [0.29, 0.717) is 12.2 Å². The van der Waals surface area contributed by atoms with Crippen molar-refractivity contribution >= 4 is 43.9 Å². The summed E-state index contributed by atoms with van der Waals surface area (Å²) in [5.41, 5.74) is 3.74. The Bertz CT molecular complexity index is 1200. The Morgan fingerprint density at radius 2 is 2.00 bits per heavy atom. The molecule has 0 aromatic carbocycles. The average molecular weight is 512 g/mol. The van der Waals surface area contributed by atoms with E-state index in [1.165, 1.54) is 11.3 Å². The third-order valence-corrected chi connectivity index (χ3v) is 6.46. The molecule has 192 valence electrons. The predicted octanol–water partition coefficient (Wildman–Crippen LogP) is 8.41. The molecule has 0 fully saturated rings. The number of allylic oxidation sites excluding steroid dienone is 5. The average Bonchev–Trinajstić information content (AvgIpc) is 3.24. The van der Waals surface area contributed by atoms with Gasteiger partial charge in [0.05, 0.1) is 5.69 Å². The van der Waals surface area contributed by atoms with Crippen molar-refractivity contribution in [1.29, 1.82) is 0 Å². The fraction of sp³-hybridized carbons (Fsp3) is 0.393. The zero-order valence-electron chi connectivity index (χ0n) is 21.3. The molecule has 1 N–H and O–H groups in total. The molecule has 0 saturated heterocycles. The second-order valence-corrected chi connectivity index (χ2v) is 9.77. The van der Waals surface area contributed by atoms with Crippen LogP contribution in [0.15, 0.2) is 61.3 Å². The van der Waals surface area contributed by atoms with Crippen molar-refractivity contribution in [1.82, 2.24) is 15.0 Å². The summed E-state index contributed by atoms with van der Waals surface area (Å²) in [5, 5.41) is 4.05. The first-order valence-corrected chi connectivity index (χ1v) is 13.2. The number of pyridine rings is 2. The number of aromatic nitrogens is 3. The van der Waals surface area contributed by atoms with Crippen LogP contribution in [0.3, 0.4) is 0 Å². The number of nitrogens with zero attached hydrogens (tertiary/aromatic N) is 4. The molecule has 0 amide bonds. The lowest BCUT2D eigenvalue weighted by Crippen LogP contribution is -2.25. The van der Waals surface area contributed by atoms with Crippen molar-refractivity contribution in [3.63, 3.8) is 0 Å². The van der Waals surface area contributed by atoms with Crippen LogP contribution >= 0.6 is 11.3 Å². The van der Waals surface area contributed by atoms with Gasteiger partial charge in [0.1, 0.15) is 16.2 Å². The van der Waals surface area contributed by atoms with E-state index in [-0.39, 0.29) is 6.42 Å². The van der Waals surface area contributed by atoms with Crippen LogP contribution < -0.4 is 10.2 Å². The largest absolute Gasteiger partial charge is 0.371 e. The molecule has 3 heterocycles. The van der Waals surface area contributed by atoms with E-state index in [0.717, 1.165) is 71.7 Å². The quantitative estimate of drug-likeness (QED) is 0.174. The molecule has 0 aliphatic rings. The highest BCUT2D eigenvalue weighted by Gasteiger charge is 2.19. The van der Waals surface area contributed by atoms with E-state index in [2.05, 4.69) is 33.7 Å². The van der Waals surface area contributed by atoms with Gasteiger partial charge in [-0.3, -0.25) is 0 Å². The van der Waals surface area contributed by atoms with Crippen LogP contribution in [-0.4, -0.2) is 34.0 Å². The first kappa shape index (κ1) is 27.5. The van der Waals surface area contributed by atoms with E-state index in [9.17, 15) is 8.78 Å². The van der Waals surface area contributed by atoms with Crippen LogP contribution in [0.1, 0.15) is 58.6 Å². The fourth-order valence-corrected chi connectivity index (χ4v) is 4.76. The first-order valence-electron chi connectivity index (χ1n) is 12.4. The molecule has 5 nitrogen and oxygen atoms in total. The van der Waals surface area contributed by atoms with Gasteiger partial charge in [0, 0.05) is 37.5 Å². The minimum atomic E-state index is -2.58. The number of hydrogen-bond donors (Lipinski definition) is 1. The Balaban J connectivity index is 1.70. The van der Waals surface area contributed by atoms with Crippen molar-refractivity contribution in [2.75, 3.05) is 23.3 Å². The first-order chi connectivity index (χ1) is 17.3. The van der Waals surface area contributed by atoms with Crippen LogP contribution in [0.2, 0.25) is 0 Å². The molecule has 0 bridgehead atoms. The van der Waals surface area contributed by atoms with E-state index in [1.54, 1.807) is 12.3 Å². The van der Waals surface area contributed by atoms with E-state index in [4.69, 9.17) is 4.98 Å². The van der Waals surface area contributed by atoms with Gasteiger partial charge in [-0.2, -0.15) is 0 Å².